The van der Waals surface area contributed by atoms with Gasteiger partial charge in [-0.25, -0.2) is 8.42 Å². The highest BCUT2D eigenvalue weighted by Gasteiger charge is 2.32. The molecule has 19 heavy (non-hydrogen) atoms. The smallest absolute Gasteiger partial charge is 0.304 e. The van der Waals surface area contributed by atoms with Gasteiger partial charge < -0.3 is 10.5 Å². The van der Waals surface area contributed by atoms with Crippen LogP contribution in [0.1, 0.15) is 6.92 Å². The van der Waals surface area contributed by atoms with Crippen LogP contribution < -0.4 is 5.73 Å². The van der Waals surface area contributed by atoms with Crippen molar-refractivity contribution >= 4 is 32.0 Å². The standard InChI is InChI=1S/C9H13N3O5S2/c1-6-5-11(2-3-17-6)19(15,16)8-4-7(12(13)14)9(10)18-8/h4,6H,2-3,5,10H2,1H3. The summed E-state index contributed by atoms with van der Waals surface area (Å²) in [5, 5.41) is 10.6. The quantitative estimate of drug-likeness (QED) is 0.647. The van der Waals surface area contributed by atoms with Crippen LogP contribution in [0.3, 0.4) is 0 Å². The second-order valence-corrected chi connectivity index (χ2v) is 7.37. The van der Waals surface area contributed by atoms with E-state index in [9.17, 15) is 18.5 Å². The molecule has 8 nitrogen and oxygen atoms in total. The highest BCUT2D eigenvalue weighted by Crippen LogP contribution is 2.36. The Morgan fingerprint density at radius 1 is 1.63 bits per heavy atom. The first-order valence-electron chi connectivity index (χ1n) is 5.48. The van der Waals surface area contributed by atoms with Gasteiger partial charge in [0, 0.05) is 19.2 Å². The number of hydrogen-bond donors (Lipinski definition) is 1. The summed E-state index contributed by atoms with van der Waals surface area (Å²) in [7, 11) is -3.74. The average molecular weight is 307 g/mol. The highest BCUT2D eigenvalue weighted by molar-refractivity contribution is 7.91. The van der Waals surface area contributed by atoms with Crippen LogP contribution in [0.15, 0.2) is 10.3 Å². The molecule has 1 atom stereocenters. The van der Waals surface area contributed by atoms with Gasteiger partial charge in [-0.15, -0.1) is 0 Å². The molecule has 0 amide bonds. The molecule has 1 aliphatic rings. The molecule has 1 saturated heterocycles. The maximum Gasteiger partial charge on any atom is 0.304 e. The molecule has 0 bridgehead atoms. The van der Waals surface area contributed by atoms with Crippen molar-refractivity contribution in [1.82, 2.24) is 4.31 Å². The average Bonchev–Trinajstić information content (AvgIpc) is 2.72. The van der Waals surface area contributed by atoms with Gasteiger partial charge in [-0.2, -0.15) is 4.31 Å². The van der Waals surface area contributed by atoms with Gasteiger partial charge in [-0.05, 0) is 6.92 Å². The van der Waals surface area contributed by atoms with Crippen LogP contribution >= 0.6 is 11.3 Å². The number of morpholine rings is 1. The minimum Gasteiger partial charge on any atom is -0.385 e. The normalized spacial score (nSPS) is 21.4. The van der Waals surface area contributed by atoms with Gasteiger partial charge in [-0.1, -0.05) is 11.3 Å². The zero-order chi connectivity index (χ0) is 14.2. The molecule has 1 aromatic heterocycles. The van der Waals surface area contributed by atoms with E-state index in [2.05, 4.69) is 0 Å². The van der Waals surface area contributed by atoms with E-state index in [1.54, 1.807) is 6.92 Å². The van der Waals surface area contributed by atoms with Gasteiger partial charge in [0.2, 0.25) is 0 Å². The first kappa shape index (κ1) is 14.2. The van der Waals surface area contributed by atoms with Crippen molar-refractivity contribution in [2.75, 3.05) is 25.4 Å². The summed E-state index contributed by atoms with van der Waals surface area (Å²) in [6.07, 6.45) is -0.198. The molecule has 0 saturated carbocycles. The molecule has 1 aromatic rings. The molecule has 2 rings (SSSR count). The van der Waals surface area contributed by atoms with E-state index in [0.29, 0.717) is 17.9 Å². The Hall–Kier alpha value is -1.23. The Kier molecular flexibility index (Phi) is 3.76. The van der Waals surface area contributed by atoms with Crippen molar-refractivity contribution in [3.8, 4) is 0 Å². The van der Waals surface area contributed by atoms with Crippen molar-refractivity contribution in [2.24, 2.45) is 0 Å². The van der Waals surface area contributed by atoms with Crippen molar-refractivity contribution in [1.29, 1.82) is 0 Å². The van der Waals surface area contributed by atoms with Crippen LogP contribution in [0, 0.1) is 10.1 Å². The largest absolute Gasteiger partial charge is 0.385 e. The van der Waals surface area contributed by atoms with Gasteiger partial charge >= 0.3 is 5.69 Å². The maximum atomic E-state index is 12.3. The lowest BCUT2D eigenvalue weighted by molar-refractivity contribution is -0.383. The van der Waals surface area contributed by atoms with Crippen LogP contribution in [-0.4, -0.2) is 43.4 Å². The molecule has 10 heteroatoms. The van der Waals surface area contributed by atoms with Gasteiger partial charge in [-0.3, -0.25) is 10.1 Å². The Morgan fingerprint density at radius 3 is 2.84 bits per heavy atom. The second kappa shape index (κ2) is 5.04. The summed E-state index contributed by atoms with van der Waals surface area (Å²) in [5.41, 5.74) is 5.09. The Bertz CT molecular complexity index is 597. The monoisotopic (exact) mass is 307 g/mol. The zero-order valence-corrected chi connectivity index (χ0v) is 11.7. The van der Waals surface area contributed by atoms with Crippen LogP contribution in [0.25, 0.3) is 0 Å². The molecule has 1 fully saturated rings. The summed E-state index contributed by atoms with van der Waals surface area (Å²) >= 11 is 0.710. The van der Waals surface area contributed by atoms with E-state index in [-0.39, 0.29) is 34.1 Å². The Balaban J connectivity index is 2.34. The molecular formula is C9H13N3O5S2. The number of nitrogen functional groups attached to an aromatic ring is 1. The van der Waals surface area contributed by atoms with Crippen molar-refractivity contribution < 1.29 is 18.1 Å². The third-order valence-corrected chi connectivity index (χ3v) is 5.98. The van der Waals surface area contributed by atoms with Crippen LogP contribution in [0.5, 0.6) is 0 Å². The topological polar surface area (TPSA) is 116 Å². The molecule has 1 unspecified atom stereocenters. The minimum absolute atomic E-state index is 0.106. The fraction of sp³-hybridized carbons (Fsp3) is 0.556. The van der Waals surface area contributed by atoms with E-state index in [0.717, 1.165) is 6.07 Å². The second-order valence-electron chi connectivity index (χ2n) is 4.12. The maximum absolute atomic E-state index is 12.3. The summed E-state index contributed by atoms with van der Waals surface area (Å²) in [6.45, 7) is 2.54. The number of nitrogens with two attached hydrogens (primary N) is 1. The number of thiophene rings is 1. The lowest BCUT2D eigenvalue weighted by Crippen LogP contribution is -2.44. The molecule has 0 spiro atoms. The van der Waals surface area contributed by atoms with Gasteiger partial charge in [0.15, 0.2) is 5.00 Å². The van der Waals surface area contributed by atoms with E-state index < -0.39 is 14.9 Å². The highest BCUT2D eigenvalue weighted by atomic mass is 32.2. The molecular weight excluding hydrogens is 294 g/mol. The molecule has 0 aromatic carbocycles. The summed E-state index contributed by atoms with van der Waals surface area (Å²) in [6, 6.07) is 1.01. The van der Waals surface area contributed by atoms with Gasteiger partial charge in [0.1, 0.15) is 4.21 Å². The third kappa shape index (κ3) is 2.71. The van der Waals surface area contributed by atoms with E-state index in [4.69, 9.17) is 10.5 Å². The van der Waals surface area contributed by atoms with Crippen LogP contribution in [0.4, 0.5) is 10.7 Å². The number of anilines is 1. The number of rotatable bonds is 3. The molecule has 2 heterocycles. The fourth-order valence-corrected chi connectivity index (χ4v) is 4.64. The van der Waals surface area contributed by atoms with Crippen molar-refractivity contribution in [3.63, 3.8) is 0 Å². The lowest BCUT2D eigenvalue weighted by atomic mass is 10.3. The molecule has 0 radical (unpaired) electrons. The summed E-state index contributed by atoms with van der Waals surface area (Å²) < 4.78 is 31.1. The van der Waals surface area contributed by atoms with Gasteiger partial charge in [0.25, 0.3) is 10.0 Å². The summed E-state index contributed by atoms with van der Waals surface area (Å²) in [5.74, 6) is 0. The zero-order valence-electron chi connectivity index (χ0n) is 10.1. The number of hydrogen-bond acceptors (Lipinski definition) is 7. The summed E-state index contributed by atoms with van der Waals surface area (Å²) in [4.78, 5) is 10.0. The van der Waals surface area contributed by atoms with Gasteiger partial charge in [0.05, 0.1) is 17.6 Å². The Morgan fingerprint density at radius 2 is 2.32 bits per heavy atom. The van der Waals surface area contributed by atoms with Crippen LogP contribution in [0.2, 0.25) is 0 Å². The van der Waals surface area contributed by atoms with E-state index in [1.807, 2.05) is 0 Å². The number of nitrogens with zero attached hydrogens (tertiary/aromatic N) is 2. The number of ether oxygens (including phenoxy) is 1. The predicted octanol–water partition coefficient (Wildman–Crippen LogP) is 0.648. The Labute approximate surface area is 114 Å². The number of nitro groups is 1. The minimum atomic E-state index is -3.74. The van der Waals surface area contributed by atoms with Crippen LogP contribution in [-0.2, 0) is 14.8 Å². The predicted molar refractivity (Wildman–Crippen MR) is 69.6 cm³/mol. The first-order valence-corrected chi connectivity index (χ1v) is 7.73. The van der Waals surface area contributed by atoms with E-state index in [1.165, 1.54) is 4.31 Å². The molecule has 106 valence electrons. The SMILES string of the molecule is CC1CN(S(=O)(=O)c2cc([N+](=O)[O-])c(N)s2)CCO1. The van der Waals surface area contributed by atoms with Crippen molar-refractivity contribution in [2.45, 2.75) is 17.2 Å². The number of sulfonamides is 1. The van der Waals surface area contributed by atoms with E-state index >= 15 is 0 Å². The molecule has 1 aliphatic heterocycles. The fourth-order valence-electron chi connectivity index (χ4n) is 1.77. The molecule has 0 aliphatic carbocycles. The lowest BCUT2D eigenvalue weighted by Gasteiger charge is -2.29. The third-order valence-electron chi connectivity index (χ3n) is 2.71. The van der Waals surface area contributed by atoms with Crippen molar-refractivity contribution in [3.05, 3.63) is 16.2 Å². The molecule has 2 N–H and O–H groups in total. The first-order chi connectivity index (χ1) is 8.82.